The molecule has 1 unspecified atom stereocenters. The number of hydrogen-bond donors (Lipinski definition) is 2. The van der Waals surface area contributed by atoms with E-state index in [1.54, 1.807) is 4.90 Å². The first kappa shape index (κ1) is 14.7. The number of nitrogens with zero attached hydrogens (tertiary/aromatic N) is 1. The lowest BCUT2D eigenvalue weighted by Gasteiger charge is -2.31. The second-order valence-electron chi connectivity index (χ2n) is 5.75. The monoisotopic (exact) mass is 309 g/mol. The Balaban J connectivity index is 2.23. The van der Waals surface area contributed by atoms with Gasteiger partial charge in [0.15, 0.2) is 5.11 Å². The van der Waals surface area contributed by atoms with Gasteiger partial charge in [-0.25, -0.2) is 0 Å². The highest BCUT2D eigenvalue weighted by Crippen LogP contribution is 2.44. The van der Waals surface area contributed by atoms with Crippen molar-refractivity contribution in [1.82, 2.24) is 4.90 Å². The maximum atomic E-state index is 8.81. The van der Waals surface area contributed by atoms with Crippen LogP contribution >= 0.6 is 12.2 Å². The Hall–Kier alpha value is -2.20. The van der Waals surface area contributed by atoms with Crippen molar-refractivity contribution < 1.29 is 0 Å². The summed E-state index contributed by atoms with van der Waals surface area (Å²) in [4.78, 5) is 1.77. The Morgan fingerprint density at radius 3 is 1.91 bits per heavy atom. The zero-order valence-electron chi connectivity index (χ0n) is 12.5. The van der Waals surface area contributed by atoms with E-state index in [1.807, 2.05) is 36.4 Å². The van der Waals surface area contributed by atoms with E-state index in [1.165, 1.54) is 0 Å². The van der Waals surface area contributed by atoms with Crippen molar-refractivity contribution in [3.8, 4) is 0 Å². The predicted octanol–water partition coefficient (Wildman–Crippen LogP) is 3.29. The lowest BCUT2D eigenvalue weighted by molar-refractivity contribution is 0.484. The number of nitrogens with two attached hydrogens (primary N) is 1. The van der Waals surface area contributed by atoms with Gasteiger partial charge in [-0.2, -0.15) is 0 Å². The molecule has 2 aromatic carbocycles. The minimum Gasteiger partial charge on any atom is -0.376 e. The fourth-order valence-corrected chi connectivity index (χ4v) is 3.78. The van der Waals surface area contributed by atoms with Gasteiger partial charge in [-0.3, -0.25) is 5.41 Å². The van der Waals surface area contributed by atoms with Gasteiger partial charge in [0, 0.05) is 6.04 Å². The largest absolute Gasteiger partial charge is 0.376 e. The van der Waals surface area contributed by atoms with Crippen molar-refractivity contribution in [2.45, 2.75) is 24.8 Å². The van der Waals surface area contributed by atoms with Gasteiger partial charge in [0.25, 0.3) is 0 Å². The minimum absolute atomic E-state index is 0.102. The number of thiocarbonyl (C=S) groups is 1. The third-order valence-electron chi connectivity index (χ3n) is 4.46. The van der Waals surface area contributed by atoms with Crippen LogP contribution in [0.15, 0.2) is 60.7 Å². The smallest absolute Gasteiger partial charge is 0.172 e. The average Bonchev–Trinajstić information content (AvgIpc) is 2.81. The number of likely N-dealkylation sites (tertiary alicyclic amines) is 1. The average molecular weight is 309 g/mol. The first-order valence-corrected chi connectivity index (χ1v) is 7.77. The quantitative estimate of drug-likeness (QED) is 0.837. The highest BCUT2D eigenvalue weighted by Gasteiger charge is 2.50. The molecule has 1 atom stereocenters. The van der Waals surface area contributed by atoms with Gasteiger partial charge in [-0.1, -0.05) is 60.7 Å². The van der Waals surface area contributed by atoms with Crippen LogP contribution in [0.2, 0.25) is 0 Å². The molecule has 0 saturated carbocycles. The van der Waals surface area contributed by atoms with Crippen LogP contribution in [0.3, 0.4) is 0 Å². The van der Waals surface area contributed by atoms with E-state index in [4.69, 9.17) is 23.4 Å². The molecule has 112 valence electrons. The molecular formula is C18H19N3S. The van der Waals surface area contributed by atoms with Crippen LogP contribution in [0.5, 0.6) is 0 Å². The molecule has 1 heterocycles. The highest BCUT2D eigenvalue weighted by atomic mass is 32.1. The van der Waals surface area contributed by atoms with Gasteiger partial charge in [0.2, 0.25) is 0 Å². The summed E-state index contributed by atoms with van der Waals surface area (Å²) in [7, 11) is 0. The molecule has 0 spiro atoms. The number of rotatable bonds is 2. The third kappa shape index (κ3) is 2.11. The molecule has 0 aromatic heterocycles. The summed E-state index contributed by atoms with van der Waals surface area (Å²) in [5.74, 6) is 0.463. The molecule has 0 radical (unpaired) electrons. The van der Waals surface area contributed by atoms with Crippen LogP contribution in [-0.2, 0) is 5.41 Å². The van der Waals surface area contributed by atoms with Gasteiger partial charge < -0.3 is 10.6 Å². The topological polar surface area (TPSA) is 53.1 Å². The van der Waals surface area contributed by atoms with E-state index in [-0.39, 0.29) is 11.2 Å². The Bertz CT molecular complexity index is 657. The molecule has 1 fully saturated rings. The lowest BCUT2D eigenvalue weighted by Crippen LogP contribution is -2.44. The predicted molar refractivity (Wildman–Crippen MR) is 94.1 cm³/mol. The van der Waals surface area contributed by atoms with Gasteiger partial charge in [-0.15, -0.1) is 0 Å². The lowest BCUT2D eigenvalue weighted by atomic mass is 9.72. The molecule has 0 aliphatic carbocycles. The molecular weight excluding hydrogens is 290 g/mol. The van der Waals surface area contributed by atoms with E-state index in [0.717, 1.165) is 17.5 Å². The normalized spacial score (nSPS) is 20.1. The van der Waals surface area contributed by atoms with Gasteiger partial charge in [0.05, 0.1) is 5.41 Å². The summed E-state index contributed by atoms with van der Waals surface area (Å²) < 4.78 is 0. The van der Waals surface area contributed by atoms with E-state index in [2.05, 4.69) is 31.2 Å². The van der Waals surface area contributed by atoms with E-state index >= 15 is 0 Å². The summed E-state index contributed by atoms with van der Waals surface area (Å²) in [5.41, 5.74) is 7.59. The number of hydrogen-bond acceptors (Lipinski definition) is 2. The van der Waals surface area contributed by atoms with Crippen molar-refractivity contribution in [2.75, 3.05) is 0 Å². The first-order valence-electron chi connectivity index (χ1n) is 7.36. The maximum absolute atomic E-state index is 8.81. The fraction of sp³-hybridized carbons (Fsp3) is 0.222. The third-order valence-corrected chi connectivity index (χ3v) is 4.65. The molecule has 1 aliphatic heterocycles. The molecule has 0 amide bonds. The van der Waals surface area contributed by atoms with Gasteiger partial charge in [-0.05, 0) is 36.7 Å². The van der Waals surface area contributed by atoms with Crippen molar-refractivity contribution in [3.05, 3.63) is 71.8 Å². The van der Waals surface area contributed by atoms with Crippen molar-refractivity contribution in [2.24, 2.45) is 5.73 Å². The molecule has 1 saturated heterocycles. The van der Waals surface area contributed by atoms with E-state index < -0.39 is 5.41 Å². The zero-order valence-corrected chi connectivity index (χ0v) is 13.3. The first-order chi connectivity index (χ1) is 10.6. The summed E-state index contributed by atoms with van der Waals surface area (Å²) in [6, 6.07) is 20.5. The van der Waals surface area contributed by atoms with Crippen LogP contribution < -0.4 is 5.73 Å². The zero-order chi connectivity index (χ0) is 15.7. The van der Waals surface area contributed by atoms with Crippen LogP contribution in [-0.4, -0.2) is 21.9 Å². The molecule has 1 aliphatic rings. The van der Waals surface area contributed by atoms with Crippen LogP contribution in [0, 0.1) is 5.41 Å². The molecule has 4 heteroatoms. The molecule has 2 aromatic rings. The summed E-state index contributed by atoms with van der Waals surface area (Å²) in [6.07, 6.45) is 0.789. The van der Waals surface area contributed by atoms with Crippen LogP contribution in [0.25, 0.3) is 0 Å². The van der Waals surface area contributed by atoms with Crippen molar-refractivity contribution in [1.29, 1.82) is 5.41 Å². The molecule has 3 N–H and O–H groups in total. The minimum atomic E-state index is -0.495. The number of nitrogens with one attached hydrogen (secondary N) is 1. The highest BCUT2D eigenvalue weighted by molar-refractivity contribution is 7.80. The van der Waals surface area contributed by atoms with Gasteiger partial charge in [0.1, 0.15) is 5.84 Å². The summed E-state index contributed by atoms with van der Waals surface area (Å²) in [6.45, 7) is 2.07. The van der Waals surface area contributed by atoms with Crippen LogP contribution in [0.4, 0.5) is 0 Å². The van der Waals surface area contributed by atoms with Crippen LogP contribution in [0.1, 0.15) is 24.5 Å². The van der Waals surface area contributed by atoms with Crippen molar-refractivity contribution in [3.63, 3.8) is 0 Å². The van der Waals surface area contributed by atoms with E-state index in [0.29, 0.717) is 5.84 Å². The number of amidine groups is 1. The van der Waals surface area contributed by atoms with Crippen molar-refractivity contribution >= 4 is 23.2 Å². The molecule has 22 heavy (non-hydrogen) atoms. The fourth-order valence-electron chi connectivity index (χ4n) is 3.51. The molecule has 0 bridgehead atoms. The summed E-state index contributed by atoms with van der Waals surface area (Å²) in [5, 5.41) is 9.08. The molecule has 3 nitrogen and oxygen atoms in total. The Morgan fingerprint density at radius 2 is 1.55 bits per heavy atom. The Labute approximate surface area is 136 Å². The Morgan fingerprint density at radius 1 is 1.09 bits per heavy atom. The Kier molecular flexibility index (Phi) is 3.71. The number of benzene rings is 2. The van der Waals surface area contributed by atoms with E-state index in [9.17, 15) is 0 Å². The molecule has 3 rings (SSSR count). The summed E-state index contributed by atoms with van der Waals surface area (Å²) >= 11 is 5.17. The SMILES string of the molecule is CC1CC(c2ccccc2)(c2ccccc2)C(=N)N1C(N)=S. The second-order valence-corrected chi connectivity index (χ2v) is 6.17. The second kappa shape index (κ2) is 5.54. The standard InChI is InChI=1S/C18H19N3S/c1-13-12-18(14-8-4-2-5-9-14,15-10-6-3-7-11-15)16(19)21(13)17(20)22/h2-11,13,19H,12H2,1H3,(H2,20,22). The van der Waals surface area contributed by atoms with Gasteiger partial charge >= 0.3 is 0 Å². The maximum Gasteiger partial charge on any atom is 0.172 e.